The minimum Gasteiger partial charge on any atom is -0.299 e. The first kappa shape index (κ1) is 8.03. The second-order valence-corrected chi connectivity index (χ2v) is 4.31. The quantitative estimate of drug-likeness (QED) is 0.503. The lowest BCUT2D eigenvalue weighted by Crippen LogP contribution is -2.27. The predicted molar refractivity (Wildman–Crippen MR) is 48.8 cm³/mol. The molecule has 66 valence electrons. The van der Waals surface area contributed by atoms with Gasteiger partial charge in [-0.2, -0.15) is 0 Å². The van der Waals surface area contributed by atoms with Crippen molar-refractivity contribution in [2.75, 3.05) is 0 Å². The summed E-state index contributed by atoms with van der Waals surface area (Å²) in [5.41, 5.74) is 1.46. The third-order valence-electron chi connectivity index (χ3n) is 3.56. The molecule has 0 bridgehead atoms. The predicted octanol–water partition coefficient (Wildman–Crippen LogP) is 2.57. The van der Waals surface area contributed by atoms with Crippen LogP contribution >= 0.6 is 0 Å². The number of hydrogen-bond acceptors (Lipinski definition) is 1. The average molecular weight is 164 g/mol. The van der Waals surface area contributed by atoms with E-state index in [9.17, 15) is 4.79 Å². The third-order valence-corrected chi connectivity index (χ3v) is 3.56. The van der Waals surface area contributed by atoms with Crippen molar-refractivity contribution < 1.29 is 4.79 Å². The molecule has 0 amide bonds. The molecule has 1 saturated carbocycles. The molecule has 0 aromatic rings. The summed E-state index contributed by atoms with van der Waals surface area (Å²) in [7, 11) is 0. The number of rotatable bonds is 0. The molecule has 0 aromatic carbocycles. The Kier molecular flexibility index (Phi) is 1.82. The Hall–Kier alpha value is -0.590. The molecule has 1 fully saturated rings. The summed E-state index contributed by atoms with van der Waals surface area (Å²) >= 11 is 0. The van der Waals surface area contributed by atoms with Gasteiger partial charge >= 0.3 is 0 Å². The zero-order chi connectivity index (χ0) is 8.72. The molecule has 0 radical (unpaired) electrons. The zero-order valence-corrected chi connectivity index (χ0v) is 7.84. The highest BCUT2D eigenvalue weighted by Gasteiger charge is 2.40. The second-order valence-electron chi connectivity index (χ2n) is 4.31. The summed E-state index contributed by atoms with van der Waals surface area (Å²) in [6, 6.07) is 0. The van der Waals surface area contributed by atoms with Crippen LogP contribution in [0.4, 0.5) is 0 Å². The monoisotopic (exact) mass is 164 g/mol. The molecule has 2 rings (SSSR count). The molecule has 0 spiro atoms. The molecule has 2 aliphatic rings. The van der Waals surface area contributed by atoms with Crippen LogP contribution in [0.25, 0.3) is 0 Å². The van der Waals surface area contributed by atoms with E-state index < -0.39 is 0 Å². The van der Waals surface area contributed by atoms with Crippen LogP contribution in [0.5, 0.6) is 0 Å². The van der Waals surface area contributed by atoms with Crippen LogP contribution < -0.4 is 0 Å². The van der Waals surface area contributed by atoms with E-state index >= 15 is 0 Å². The number of carbonyl (C=O) groups excluding carboxylic acids is 1. The van der Waals surface area contributed by atoms with Gasteiger partial charge in [0.25, 0.3) is 0 Å². The van der Waals surface area contributed by atoms with Crippen molar-refractivity contribution in [3.05, 3.63) is 11.6 Å². The van der Waals surface area contributed by atoms with Gasteiger partial charge in [-0.1, -0.05) is 18.6 Å². The smallest absolute Gasteiger partial charge is 0.140 e. The second kappa shape index (κ2) is 2.72. The highest BCUT2D eigenvalue weighted by atomic mass is 16.1. The minimum atomic E-state index is 0.370. The van der Waals surface area contributed by atoms with Gasteiger partial charge in [0.2, 0.25) is 0 Å². The molecule has 3 atom stereocenters. The summed E-state index contributed by atoms with van der Waals surface area (Å²) in [6.07, 6.45) is 5.30. The number of hydrogen-bond donors (Lipinski definition) is 0. The van der Waals surface area contributed by atoms with Crippen molar-refractivity contribution in [2.45, 2.75) is 33.1 Å². The molecule has 0 heterocycles. The zero-order valence-electron chi connectivity index (χ0n) is 7.84. The van der Waals surface area contributed by atoms with Gasteiger partial charge in [-0.15, -0.1) is 0 Å². The van der Waals surface area contributed by atoms with E-state index in [4.69, 9.17) is 0 Å². The Morgan fingerprint density at radius 2 is 2.17 bits per heavy atom. The fraction of sp³-hybridized carbons (Fsp3) is 0.727. The van der Waals surface area contributed by atoms with E-state index in [-0.39, 0.29) is 0 Å². The standard InChI is InChI=1S/C11H16O/c1-7-4-6-10(12)11-8(2)3-5-9(7)11/h4,8-9,11H,3,5-6H2,1-2H3/t8-,9+,11+/m1/s1. The molecular formula is C11H16O. The van der Waals surface area contributed by atoms with Gasteiger partial charge in [0.05, 0.1) is 0 Å². The SMILES string of the molecule is CC1=CCC(=O)[C@H]2[C@H](C)CC[C@@H]12. The Bertz CT molecular complexity index is 239. The van der Waals surface area contributed by atoms with E-state index in [1.807, 2.05) is 0 Å². The molecule has 0 N–H and O–H groups in total. The van der Waals surface area contributed by atoms with Gasteiger partial charge in [0, 0.05) is 12.3 Å². The van der Waals surface area contributed by atoms with Gasteiger partial charge in [0.1, 0.15) is 5.78 Å². The number of allylic oxidation sites excluding steroid dienone is 2. The summed E-state index contributed by atoms with van der Waals surface area (Å²) in [6.45, 7) is 4.41. The summed E-state index contributed by atoms with van der Waals surface area (Å²) in [4.78, 5) is 11.6. The average Bonchev–Trinajstić information content (AvgIpc) is 2.42. The lowest BCUT2D eigenvalue weighted by Gasteiger charge is -2.25. The Morgan fingerprint density at radius 3 is 2.83 bits per heavy atom. The minimum absolute atomic E-state index is 0.370. The van der Waals surface area contributed by atoms with E-state index in [1.165, 1.54) is 18.4 Å². The fourth-order valence-corrected chi connectivity index (χ4v) is 2.80. The molecule has 0 unspecified atom stereocenters. The van der Waals surface area contributed by atoms with Crippen molar-refractivity contribution in [1.82, 2.24) is 0 Å². The Morgan fingerprint density at radius 1 is 1.42 bits per heavy atom. The largest absolute Gasteiger partial charge is 0.299 e. The number of ketones is 1. The van der Waals surface area contributed by atoms with Gasteiger partial charge in [0.15, 0.2) is 0 Å². The molecule has 0 saturated heterocycles. The molecule has 12 heavy (non-hydrogen) atoms. The molecule has 1 nitrogen and oxygen atoms in total. The maximum absolute atomic E-state index is 11.6. The Labute approximate surface area is 73.8 Å². The van der Waals surface area contributed by atoms with E-state index in [0.717, 1.165) is 0 Å². The lowest BCUT2D eigenvalue weighted by atomic mass is 9.77. The Balaban J connectivity index is 2.29. The van der Waals surface area contributed by atoms with Crippen LogP contribution in [0, 0.1) is 17.8 Å². The maximum Gasteiger partial charge on any atom is 0.140 e. The third kappa shape index (κ3) is 1.03. The highest BCUT2D eigenvalue weighted by Crippen LogP contribution is 2.44. The summed E-state index contributed by atoms with van der Waals surface area (Å²) in [5.74, 6) is 2.08. The van der Waals surface area contributed by atoms with E-state index in [2.05, 4.69) is 19.9 Å². The van der Waals surface area contributed by atoms with E-state index in [0.29, 0.717) is 30.0 Å². The first-order chi connectivity index (χ1) is 5.70. The van der Waals surface area contributed by atoms with Crippen LogP contribution in [0.15, 0.2) is 11.6 Å². The van der Waals surface area contributed by atoms with Crippen molar-refractivity contribution in [3.8, 4) is 0 Å². The van der Waals surface area contributed by atoms with Crippen LogP contribution in [0.3, 0.4) is 0 Å². The number of Topliss-reactive ketones (excluding diaryl/α,β-unsaturated/α-hetero) is 1. The topological polar surface area (TPSA) is 17.1 Å². The first-order valence-corrected chi connectivity index (χ1v) is 4.89. The van der Waals surface area contributed by atoms with Crippen molar-refractivity contribution in [2.24, 2.45) is 17.8 Å². The van der Waals surface area contributed by atoms with Gasteiger partial charge < -0.3 is 0 Å². The first-order valence-electron chi connectivity index (χ1n) is 4.89. The molecule has 2 aliphatic carbocycles. The van der Waals surface area contributed by atoms with E-state index in [1.54, 1.807) is 0 Å². The number of fused-ring (bicyclic) bond motifs is 1. The maximum atomic E-state index is 11.6. The highest BCUT2D eigenvalue weighted by molar-refractivity contribution is 5.85. The van der Waals surface area contributed by atoms with Gasteiger partial charge in [-0.05, 0) is 31.6 Å². The molecular weight excluding hydrogens is 148 g/mol. The van der Waals surface area contributed by atoms with Crippen molar-refractivity contribution >= 4 is 5.78 Å². The van der Waals surface area contributed by atoms with Gasteiger partial charge in [-0.25, -0.2) is 0 Å². The molecule has 1 heteroatoms. The van der Waals surface area contributed by atoms with Crippen LogP contribution in [0.1, 0.15) is 33.1 Å². The summed E-state index contributed by atoms with van der Waals surface area (Å²) in [5, 5.41) is 0. The lowest BCUT2D eigenvalue weighted by molar-refractivity contribution is -0.124. The van der Waals surface area contributed by atoms with Crippen LogP contribution in [-0.4, -0.2) is 5.78 Å². The van der Waals surface area contributed by atoms with Crippen LogP contribution in [-0.2, 0) is 4.79 Å². The normalized spacial score (nSPS) is 41.0. The fourth-order valence-electron chi connectivity index (χ4n) is 2.80. The number of carbonyl (C=O) groups is 1. The molecule has 0 aliphatic heterocycles. The van der Waals surface area contributed by atoms with Crippen molar-refractivity contribution in [1.29, 1.82) is 0 Å². The van der Waals surface area contributed by atoms with Crippen LogP contribution in [0.2, 0.25) is 0 Å². The molecule has 0 aromatic heterocycles. The van der Waals surface area contributed by atoms with Gasteiger partial charge in [-0.3, -0.25) is 4.79 Å². The summed E-state index contributed by atoms with van der Waals surface area (Å²) < 4.78 is 0. The van der Waals surface area contributed by atoms with Crippen molar-refractivity contribution in [3.63, 3.8) is 0 Å².